The fourth-order valence-corrected chi connectivity index (χ4v) is 4.80. The van der Waals surface area contributed by atoms with E-state index in [4.69, 9.17) is 0 Å². The van der Waals surface area contributed by atoms with Gasteiger partial charge in [0.2, 0.25) is 5.91 Å². The van der Waals surface area contributed by atoms with Crippen molar-refractivity contribution in [3.63, 3.8) is 0 Å². The molecule has 1 fully saturated rings. The number of hydrogen-bond acceptors (Lipinski definition) is 5. The Kier molecular flexibility index (Phi) is 6.49. The maximum absolute atomic E-state index is 12.5. The molecule has 0 bridgehead atoms. The second kappa shape index (κ2) is 8.84. The first-order valence-electron chi connectivity index (χ1n) is 9.61. The SMILES string of the molecule is CC(CC(=O)Nc1cccc(S(=O)(=O)NC2=NCCC2)c1)C1CCNCC1. The smallest absolute Gasteiger partial charge is 0.262 e. The van der Waals surface area contributed by atoms with Crippen molar-refractivity contribution in [3.8, 4) is 0 Å². The molecule has 1 unspecified atom stereocenters. The van der Waals surface area contributed by atoms with Crippen LogP contribution in [-0.4, -0.2) is 39.8 Å². The van der Waals surface area contributed by atoms with E-state index in [-0.39, 0.29) is 10.8 Å². The molecule has 8 heteroatoms. The summed E-state index contributed by atoms with van der Waals surface area (Å²) in [7, 11) is -3.68. The van der Waals surface area contributed by atoms with E-state index in [0.29, 0.717) is 42.7 Å². The number of carbonyl (C=O) groups is 1. The average molecular weight is 393 g/mol. The molecular weight excluding hydrogens is 364 g/mol. The molecule has 0 spiro atoms. The van der Waals surface area contributed by atoms with Crippen molar-refractivity contribution in [3.05, 3.63) is 24.3 Å². The molecule has 1 aromatic rings. The summed E-state index contributed by atoms with van der Waals surface area (Å²) in [5, 5.41) is 6.18. The molecule has 148 valence electrons. The van der Waals surface area contributed by atoms with Gasteiger partial charge in [-0.25, -0.2) is 8.42 Å². The van der Waals surface area contributed by atoms with Gasteiger partial charge in [-0.3, -0.25) is 14.5 Å². The molecule has 27 heavy (non-hydrogen) atoms. The van der Waals surface area contributed by atoms with Gasteiger partial charge in [-0.1, -0.05) is 13.0 Å². The summed E-state index contributed by atoms with van der Waals surface area (Å²) in [6, 6.07) is 6.35. The summed E-state index contributed by atoms with van der Waals surface area (Å²) in [4.78, 5) is 16.7. The first-order chi connectivity index (χ1) is 12.9. The summed E-state index contributed by atoms with van der Waals surface area (Å²) < 4.78 is 27.5. The molecular formula is C19H28N4O3S. The minimum Gasteiger partial charge on any atom is -0.326 e. The standard InChI is InChI=1S/C19H28N4O3S/c1-14(15-7-10-20-11-8-15)12-19(24)22-16-4-2-5-17(13-16)27(25,26)23-18-6-3-9-21-18/h2,4-5,13-15,20H,3,6-12H2,1H3,(H,21,23)(H,22,24). The summed E-state index contributed by atoms with van der Waals surface area (Å²) in [5.74, 6) is 1.28. The van der Waals surface area contributed by atoms with Crippen LogP contribution in [0.2, 0.25) is 0 Å². The number of anilines is 1. The fourth-order valence-electron chi connectivity index (χ4n) is 3.66. The summed E-state index contributed by atoms with van der Waals surface area (Å²) in [6.07, 6.45) is 4.14. The zero-order valence-corrected chi connectivity index (χ0v) is 16.5. The second-order valence-electron chi connectivity index (χ2n) is 7.38. The van der Waals surface area contributed by atoms with Crippen molar-refractivity contribution >= 4 is 27.5 Å². The quantitative estimate of drug-likeness (QED) is 0.690. The third-order valence-corrected chi connectivity index (χ3v) is 6.63. The first kappa shape index (κ1) is 19.8. The Hall–Kier alpha value is -1.93. The van der Waals surface area contributed by atoms with Gasteiger partial charge < -0.3 is 10.6 Å². The highest BCUT2D eigenvalue weighted by Crippen LogP contribution is 2.25. The van der Waals surface area contributed by atoms with E-state index >= 15 is 0 Å². The molecule has 0 saturated carbocycles. The van der Waals surface area contributed by atoms with Crippen LogP contribution in [0.15, 0.2) is 34.2 Å². The Morgan fingerprint density at radius 3 is 2.81 bits per heavy atom. The molecule has 3 rings (SSSR count). The van der Waals surface area contributed by atoms with E-state index in [1.807, 2.05) is 0 Å². The lowest BCUT2D eigenvalue weighted by Crippen LogP contribution is -2.32. The zero-order valence-electron chi connectivity index (χ0n) is 15.7. The number of amides is 1. The number of rotatable bonds is 6. The maximum atomic E-state index is 12.5. The van der Waals surface area contributed by atoms with Crippen LogP contribution in [0.5, 0.6) is 0 Å². The molecule has 1 aromatic carbocycles. The van der Waals surface area contributed by atoms with Crippen molar-refractivity contribution in [2.75, 3.05) is 25.0 Å². The number of aliphatic imine (C=N–C) groups is 1. The molecule has 2 aliphatic heterocycles. The van der Waals surface area contributed by atoms with Crippen molar-refractivity contribution in [1.82, 2.24) is 10.0 Å². The summed E-state index contributed by atoms with van der Waals surface area (Å²) in [5.41, 5.74) is 0.494. The second-order valence-corrected chi connectivity index (χ2v) is 9.06. The van der Waals surface area contributed by atoms with E-state index in [2.05, 4.69) is 27.3 Å². The van der Waals surface area contributed by atoms with E-state index in [0.717, 1.165) is 32.4 Å². The molecule has 2 heterocycles. The van der Waals surface area contributed by atoms with E-state index in [1.165, 1.54) is 12.1 Å². The monoisotopic (exact) mass is 392 g/mol. The van der Waals surface area contributed by atoms with Gasteiger partial charge in [-0.2, -0.15) is 0 Å². The number of sulfonamides is 1. The van der Waals surface area contributed by atoms with Crippen LogP contribution in [-0.2, 0) is 14.8 Å². The van der Waals surface area contributed by atoms with Gasteiger partial charge in [0.1, 0.15) is 5.84 Å². The molecule has 1 atom stereocenters. The Labute approximate surface area is 161 Å². The van der Waals surface area contributed by atoms with Crippen LogP contribution in [0.4, 0.5) is 5.69 Å². The number of nitrogens with one attached hydrogen (secondary N) is 3. The highest BCUT2D eigenvalue weighted by atomic mass is 32.2. The topological polar surface area (TPSA) is 99.7 Å². The van der Waals surface area contributed by atoms with Crippen LogP contribution in [0.25, 0.3) is 0 Å². The van der Waals surface area contributed by atoms with Crippen molar-refractivity contribution < 1.29 is 13.2 Å². The van der Waals surface area contributed by atoms with Crippen LogP contribution < -0.4 is 15.4 Å². The number of amidine groups is 1. The maximum Gasteiger partial charge on any atom is 0.262 e. The van der Waals surface area contributed by atoms with Crippen molar-refractivity contribution in [2.24, 2.45) is 16.8 Å². The van der Waals surface area contributed by atoms with Gasteiger partial charge in [0.05, 0.1) is 4.90 Å². The lowest BCUT2D eigenvalue weighted by molar-refractivity contribution is -0.117. The molecule has 3 N–H and O–H groups in total. The summed E-state index contributed by atoms with van der Waals surface area (Å²) >= 11 is 0. The minimum absolute atomic E-state index is 0.0799. The highest BCUT2D eigenvalue weighted by molar-refractivity contribution is 7.90. The Balaban J connectivity index is 1.60. The molecule has 1 amide bonds. The molecule has 1 saturated heterocycles. The third-order valence-electron chi connectivity index (χ3n) is 5.25. The van der Waals surface area contributed by atoms with Gasteiger partial charge in [-0.15, -0.1) is 0 Å². The number of carbonyl (C=O) groups excluding carboxylic acids is 1. The van der Waals surface area contributed by atoms with Crippen LogP contribution in [0.1, 0.15) is 39.0 Å². The lowest BCUT2D eigenvalue weighted by atomic mass is 9.84. The number of nitrogens with zero attached hydrogens (tertiary/aromatic N) is 1. The van der Waals surface area contributed by atoms with E-state index in [1.54, 1.807) is 12.1 Å². The highest BCUT2D eigenvalue weighted by Gasteiger charge is 2.23. The molecule has 0 aromatic heterocycles. The van der Waals surface area contributed by atoms with Crippen molar-refractivity contribution in [1.29, 1.82) is 0 Å². The lowest BCUT2D eigenvalue weighted by Gasteiger charge is -2.27. The van der Waals surface area contributed by atoms with E-state index in [9.17, 15) is 13.2 Å². The number of hydrogen-bond donors (Lipinski definition) is 3. The van der Waals surface area contributed by atoms with Gasteiger partial charge in [0.25, 0.3) is 10.0 Å². The average Bonchev–Trinajstić information content (AvgIpc) is 3.15. The van der Waals surface area contributed by atoms with Crippen LogP contribution >= 0.6 is 0 Å². The minimum atomic E-state index is -3.68. The third kappa shape index (κ3) is 5.52. The van der Waals surface area contributed by atoms with Crippen LogP contribution in [0, 0.1) is 11.8 Å². The Bertz CT molecular complexity index is 801. The Morgan fingerprint density at radius 1 is 1.33 bits per heavy atom. The van der Waals surface area contributed by atoms with Crippen LogP contribution in [0.3, 0.4) is 0 Å². The fraction of sp³-hybridized carbons (Fsp3) is 0.579. The van der Waals surface area contributed by atoms with Gasteiger partial charge >= 0.3 is 0 Å². The predicted octanol–water partition coefficient (Wildman–Crippen LogP) is 2.12. The molecule has 7 nitrogen and oxygen atoms in total. The van der Waals surface area contributed by atoms with Gasteiger partial charge in [0, 0.05) is 25.1 Å². The van der Waals surface area contributed by atoms with Gasteiger partial charge in [0.15, 0.2) is 0 Å². The first-order valence-corrected chi connectivity index (χ1v) is 11.1. The van der Waals surface area contributed by atoms with Crippen molar-refractivity contribution in [2.45, 2.75) is 43.9 Å². The number of piperidine rings is 1. The Morgan fingerprint density at radius 2 is 2.11 bits per heavy atom. The summed E-state index contributed by atoms with van der Waals surface area (Å²) in [6.45, 7) is 4.79. The molecule has 0 radical (unpaired) electrons. The molecule has 0 aliphatic carbocycles. The molecule has 2 aliphatic rings. The zero-order chi connectivity index (χ0) is 19.3. The normalized spacial score (nSPS) is 19.4. The van der Waals surface area contributed by atoms with E-state index < -0.39 is 10.0 Å². The number of benzene rings is 1. The largest absolute Gasteiger partial charge is 0.326 e. The predicted molar refractivity (Wildman–Crippen MR) is 106 cm³/mol. The van der Waals surface area contributed by atoms with Gasteiger partial charge in [-0.05, 0) is 62.4 Å².